The zero-order valence-electron chi connectivity index (χ0n) is 7.47. The summed E-state index contributed by atoms with van der Waals surface area (Å²) in [4.78, 5) is 5.76. The minimum atomic E-state index is -0.481. The van der Waals surface area contributed by atoms with Crippen molar-refractivity contribution in [3.05, 3.63) is 18.5 Å². The maximum atomic E-state index is 9.62. The van der Waals surface area contributed by atoms with Gasteiger partial charge in [0, 0.05) is 25.7 Å². The molecule has 1 unspecified atom stereocenters. The summed E-state index contributed by atoms with van der Waals surface area (Å²) in [5.41, 5.74) is 0.840. The Morgan fingerprint density at radius 3 is 3.38 bits per heavy atom. The molecule has 0 saturated carbocycles. The lowest BCUT2D eigenvalue weighted by molar-refractivity contribution is 0.149. The van der Waals surface area contributed by atoms with Crippen LogP contribution in [0.15, 0.2) is 18.5 Å². The van der Waals surface area contributed by atoms with E-state index in [4.69, 9.17) is 4.74 Å². The molecule has 2 rings (SSSR count). The van der Waals surface area contributed by atoms with E-state index in [1.165, 1.54) is 0 Å². The minimum Gasteiger partial charge on any atom is -0.491 e. The van der Waals surface area contributed by atoms with Gasteiger partial charge in [-0.05, 0) is 0 Å². The molecule has 1 N–H and O–H groups in total. The molecule has 70 valence electrons. The van der Waals surface area contributed by atoms with Crippen molar-refractivity contribution in [1.82, 2.24) is 4.98 Å². The third-order valence-electron chi connectivity index (χ3n) is 2.22. The van der Waals surface area contributed by atoms with Gasteiger partial charge in [0.15, 0.2) is 0 Å². The second-order valence-electron chi connectivity index (χ2n) is 3.07. The molecule has 0 bridgehead atoms. The standard InChI is InChI=1S/C9H12N2O2/c1-11-7-6-10-4-2-8(7)13-5-3-9(11)12/h2,4,6,9,12H,3,5H2,1H3. The molecule has 1 aliphatic heterocycles. The number of hydrogen-bond donors (Lipinski definition) is 1. The van der Waals surface area contributed by atoms with E-state index in [1.54, 1.807) is 17.3 Å². The molecule has 1 aromatic rings. The van der Waals surface area contributed by atoms with Gasteiger partial charge >= 0.3 is 0 Å². The first-order chi connectivity index (χ1) is 6.29. The van der Waals surface area contributed by atoms with Gasteiger partial charge in [-0.25, -0.2) is 0 Å². The molecule has 0 spiro atoms. The molecule has 0 amide bonds. The van der Waals surface area contributed by atoms with Crippen LogP contribution >= 0.6 is 0 Å². The van der Waals surface area contributed by atoms with E-state index in [2.05, 4.69) is 4.98 Å². The second kappa shape index (κ2) is 3.22. The summed E-state index contributed by atoms with van der Waals surface area (Å²) in [6.45, 7) is 0.544. The highest BCUT2D eigenvalue weighted by Gasteiger charge is 2.19. The van der Waals surface area contributed by atoms with Gasteiger partial charge in [0.25, 0.3) is 0 Å². The third-order valence-corrected chi connectivity index (χ3v) is 2.22. The average molecular weight is 180 g/mol. The van der Waals surface area contributed by atoms with Crippen LogP contribution in [0.1, 0.15) is 6.42 Å². The van der Waals surface area contributed by atoms with Crippen LogP contribution in [-0.2, 0) is 0 Å². The largest absolute Gasteiger partial charge is 0.491 e. The highest BCUT2D eigenvalue weighted by atomic mass is 16.5. The van der Waals surface area contributed by atoms with Crippen molar-refractivity contribution in [3.63, 3.8) is 0 Å². The number of aromatic nitrogens is 1. The molecular formula is C9H12N2O2. The lowest BCUT2D eigenvalue weighted by Gasteiger charge is -2.22. The van der Waals surface area contributed by atoms with E-state index < -0.39 is 6.23 Å². The van der Waals surface area contributed by atoms with Crippen molar-refractivity contribution in [3.8, 4) is 5.75 Å². The van der Waals surface area contributed by atoms with Crippen LogP contribution in [0.5, 0.6) is 5.75 Å². The zero-order valence-corrected chi connectivity index (χ0v) is 7.47. The molecule has 0 radical (unpaired) electrons. The number of pyridine rings is 1. The summed E-state index contributed by atoms with van der Waals surface area (Å²) < 4.78 is 5.45. The normalized spacial score (nSPS) is 21.7. The van der Waals surface area contributed by atoms with Crippen LogP contribution in [0, 0.1) is 0 Å². The first kappa shape index (κ1) is 8.31. The Hall–Kier alpha value is -1.29. The predicted molar refractivity (Wildman–Crippen MR) is 48.8 cm³/mol. The Labute approximate surface area is 76.8 Å². The van der Waals surface area contributed by atoms with Gasteiger partial charge in [0.1, 0.15) is 12.0 Å². The summed E-state index contributed by atoms with van der Waals surface area (Å²) in [6, 6.07) is 1.81. The van der Waals surface area contributed by atoms with Gasteiger partial charge in [-0.15, -0.1) is 0 Å². The number of nitrogens with zero attached hydrogens (tertiary/aromatic N) is 2. The summed E-state index contributed by atoms with van der Waals surface area (Å²) in [5, 5.41) is 9.62. The number of aliphatic hydroxyl groups is 1. The van der Waals surface area contributed by atoms with E-state index in [0.29, 0.717) is 13.0 Å². The Morgan fingerprint density at radius 1 is 1.69 bits per heavy atom. The topological polar surface area (TPSA) is 45.6 Å². The predicted octanol–water partition coefficient (Wildman–Crippen LogP) is 0.619. The van der Waals surface area contributed by atoms with E-state index >= 15 is 0 Å². The van der Waals surface area contributed by atoms with Crippen molar-refractivity contribution in [2.45, 2.75) is 12.6 Å². The molecule has 1 aliphatic rings. The Bertz CT molecular complexity index is 303. The third kappa shape index (κ3) is 1.45. The average Bonchev–Trinajstić information content (AvgIpc) is 2.29. The minimum absolute atomic E-state index is 0.481. The molecule has 0 aromatic carbocycles. The number of fused-ring (bicyclic) bond motifs is 1. The lowest BCUT2D eigenvalue weighted by Crippen LogP contribution is -2.30. The van der Waals surface area contributed by atoms with Gasteiger partial charge in [-0.2, -0.15) is 0 Å². The van der Waals surface area contributed by atoms with Crippen molar-refractivity contribution in [1.29, 1.82) is 0 Å². The summed E-state index contributed by atoms with van der Waals surface area (Å²) >= 11 is 0. The van der Waals surface area contributed by atoms with Crippen LogP contribution in [0.2, 0.25) is 0 Å². The van der Waals surface area contributed by atoms with E-state index in [9.17, 15) is 5.11 Å². The second-order valence-corrected chi connectivity index (χ2v) is 3.07. The van der Waals surface area contributed by atoms with Gasteiger partial charge in [0.05, 0.1) is 18.5 Å². The van der Waals surface area contributed by atoms with Crippen LogP contribution in [0.4, 0.5) is 5.69 Å². The van der Waals surface area contributed by atoms with Crippen LogP contribution in [0.3, 0.4) is 0 Å². The monoisotopic (exact) mass is 180 g/mol. The molecule has 4 nitrogen and oxygen atoms in total. The fourth-order valence-electron chi connectivity index (χ4n) is 1.39. The molecule has 1 atom stereocenters. The Balaban J connectivity index is 2.40. The van der Waals surface area contributed by atoms with Crippen molar-refractivity contribution >= 4 is 5.69 Å². The molecule has 0 saturated heterocycles. The maximum absolute atomic E-state index is 9.62. The smallest absolute Gasteiger partial charge is 0.145 e. The number of rotatable bonds is 0. The number of anilines is 1. The van der Waals surface area contributed by atoms with E-state index in [1.807, 2.05) is 13.1 Å². The fraction of sp³-hybridized carbons (Fsp3) is 0.444. The fourth-order valence-corrected chi connectivity index (χ4v) is 1.39. The Morgan fingerprint density at radius 2 is 2.54 bits per heavy atom. The molecule has 2 heterocycles. The molecule has 4 heteroatoms. The molecular weight excluding hydrogens is 168 g/mol. The first-order valence-corrected chi connectivity index (χ1v) is 4.27. The summed E-state index contributed by atoms with van der Waals surface area (Å²) in [5.74, 6) is 0.786. The quantitative estimate of drug-likeness (QED) is 0.635. The van der Waals surface area contributed by atoms with Crippen LogP contribution in [-0.4, -0.2) is 30.0 Å². The molecule has 1 aromatic heterocycles. The van der Waals surface area contributed by atoms with Crippen LogP contribution < -0.4 is 9.64 Å². The number of ether oxygens (including phenoxy) is 1. The van der Waals surface area contributed by atoms with Crippen molar-refractivity contribution < 1.29 is 9.84 Å². The van der Waals surface area contributed by atoms with Gasteiger partial charge < -0.3 is 14.7 Å². The summed E-state index contributed by atoms with van der Waals surface area (Å²) in [6.07, 6.45) is 3.52. The SMILES string of the molecule is CN1c2cnccc2OCCC1O. The van der Waals surface area contributed by atoms with Crippen LogP contribution in [0.25, 0.3) is 0 Å². The van der Waals surface area contributed by atoms with Crippen molar-refractivity contribution in [2.75, 3.05) is 18.6 Å². The number of aliphatic hydroxyl groups excluding tert-OH is 1. The summed E-state index contributed by atoms with van der Waals surface area (Å²) in [7, 11) is 1.83. The van der Waals surface area contributed by atoms with Gasteiger partial charge in [0.2, 0.25) is 0 Å². The maximum Gasteiger partial charge on any atom is 0.145 e. The highest BCUT2D eigenvalue weighted by molar-refractivity contribution is 5.56. The molecule has 0 aliphatic carbocycles. The number of hydrogen-bond acceptors (Lipinski definition) is 4. The van der Waals surface area contributed by atoms with Gasteiger partial charge in [-0.1, -0.05) is 0 Å². The molecule has 13 heavy (non-hydrogen) atoms. The van der Waals surface area contributed by atoms with E-state index in [-0.39, 0.29) is 0 Å². The highest BCUT2D eigenvalue weighted by Crippen LogP contribution is 2.29. The molecule has 0 fully saturated rings. The van der Waals surface area contributed by atoms with Crippen molar-refractivity contribution in [2.24, 2.45) is 0 Å². The lowest BCUT2D eigenvalue weighted by atomic mass is 10.3. The van der Waals surface area contributed by atoms with Gasteiger partial charge in [-0.3, -0.25) is 4.98 Å². The zero-order chi connectivity index (χ0) is 9.26. The first-order valence-electron chi connectivity index (χ1n) is 4.27. The van der Waals surface area contributed by atoms with E-state index in [0.717, 1.165) is 11.4 Å². The Kier molecular flexibility index (Phi) is 2.06.